The standard InChI is InChI=1S/C16H36N4O/c1-16(2)15(21)18(14-17(16)3)10-9-11-20(7,8)13-12-19(4,5)6/h9-14H2,1-8H3/q+2. The monoisotopic (exact) mass is 300 g/mol. The lowest BCUT2D eigenvalue weighted by Gasteiger charge is -2.34. The highest BCUT2D eigenvalue weighted by Crippen LogP contribution is 2.23. The summed E-state index contributed by atoms with van der Waals surface area (Å²) >= 11 is 0. The average Bonchev–Trinajstić information content (AvgIpc) is 2.50. The van der Waals surface area contributed by atoms with Crippen LogP contribution in [-0.2, 0) is 4.79 Å². The Hall–Kier alpha value is -0.650. The van der Waals surface area contributed by atoms with Gasteiger partial charge < -0.3 is 13.9 Å². The number of nitrogens with zero attached hydrogens (tertiary/aromatic N) is 4. The fourth-order valence-corrected chi connectivity index (χ4v) is 2.59. The van der Waals surface area contributed by atoms with E-state index < -0.39 is 0 Å². The van der Waals surface area contributed by atoms with E-state index in [1.54, 1.807) is 0 Å². The SMILES string of the molecule is CN1CN(CCC[N+](C)(C)CC[N+](C)(C)C)C(=O)C1(C)C. The maximum Gasteiger partial charge on any atom is 0.243 e. The van der Waals surface area contributed by atoms with Gasteiger partial charge in [0.15, 0.2) is 0 Å². The largest absolute Gasteiger partial charge is 0.328 e. The van der Waals surface area contributed by atoms with Gasteiger partial charge in [0, 0.05) is 13.0 Å². The van der Waals surface area contributed by atoms with Crippen LogP contribution in [0.15, 0.2) is 0 Å². The molecule has 1 rings (SSSR count). The van der Waals surface area contributed by atoms with E-state index in [2.05, 4.69) is 40.1 Å². The van der Waals surface area contributed by atoms with Crippen molar-refractivity contribution in [1.82, 2.24) is 9.80 Å². The van der Waals surface area contributed by atoms with Gasteiger partial charge in [0.2, 0.25) is 5.91 Å². The normalized spacial score (nSPS) is 20.4. The van der Waals surface area contributed by atoms with Crippen LogP contribution in [0.2, 0.25) is 0 Å². The van der Waals surface area contributed by atoms with Crippen LogP contribution in [0.1, 0.15) is 20.3 Å². The lowest BCUT2D eigenvalue weighted by molar-refractivity contribution is -0.937. The molecule has 0 aromatic carbocycles. The Morgan fingerprint density at radius 2 is 1.62 bits per heavy atom. The predicted octanol–water partition coefficient (Wildman–Crippen LogP) is 0.669. The van der Waals surface area contributed by atoms with Crippen molar-refractivity contribution in [3.63, 3.8) is 0 Å². The van der Waals surface area contributed by atoms with Crippen LogP contribution in [0.5, 0.6) is 0 Å². The Labute approximate surface area is 131 Å². The van der Waals surface area contributed by atoms with E-state index in [1.165, 1.54) is 13.1 Å². The second-order valence-corrected chi connectivity index (χ2v) is 8.72. The molecule has 0 aliphatic carbocycles. The lowest BCUT2D eigenvalue weighted by Crippen LogP contribution is -2.50. The van der Waals surface area contributed by atoms with E-state index in [0.29, 0.717) is 0 Å². The van der Waals surface area contributed by atoms with Crippen molar-refractivity contribution in [3.8, 4) is 0 Å². The van der Waals surface area contributed by atoms with E-state index in [-0.39, 0.29) is 11.4 Å². The molecule has 1 aliphatic rings. The molecule has 1 aliphatic heterocycles. The van der Waals surface area contributed by atoms with Crippen LogP contribution < -0.4 is 0 Å². The number of carbonyl (C=O) groups excluding carboxylic acids is 1. The number of hydrogen-bond donors (Lipinski definition) is 0. The van der Waals surface area contributed by atoms with Gasteiger partial charge in [0.1, 0.15) is 13.1 Å². The third-order valence-electron chi connectivity index (χ3n) is 4.72. The van der Waals surface area contributed by atoms with E-state index in [9.17, 15) is 4.79 Å². The van der Waals surface area contributed by atoms with Gasteiger partial charge in [0.25, 0.3) is 0 Å². The van der Waals surface area contributed by atoms with Crippen LogP contribution in [0.25, 0.3) is 0 Å². The second-order valence-electron chi connectivity index (χ2n) is 8.72. The molecule has 1 saturated heterocycles. The minimum atomic E-state index is -0.339. The highest BCUT2D eigenvalue weighted by atomic mass is 16.2. The summed E-state index contributed by atoms with van der Waals surface area (Å²) in [6.45, 7) is 9.12. The Morgan fingerprint density at radius 3 is 2.05 bits per heavy atom. The van der Waals surface area contributed by atoms with Gasteiger partial charge in [0.05, 0.1) is 54.0 Å². The molecular weight excluding hydrogens is 264 g/mol. The minimum absolute atomic E-state index is 0.265. The Balaban J connectivity index is 2.38. The first-order valence-corrected chi connectivity index (χ1v) is 7.98. The van der Waals surface area contributed by atoms with Gasteiger partial charge in [-0.15, -0.1) is 0 Å². The van der Waals surface area contributed by atoms with Gasteiger partial charge in [-0.05, 0) is 20.9 Å². The zero-order chi connectivity index (χ0) is 16.5. The number of hydrogen-bond acceptors (Lipinski definition) is 2. The van der Waals surface area contributed by atoms with Crippen molar-refractivity contribution in [1.29, 1.82) is 0 Å². The zero-order valence-electron chi connectivity index (χ0n) is 15.4. The summed E-state index contributed by atoms with van der Waals surface area (Å²) in [5.41, 5.74) is -0.339. The summed E-state index contributed by atoms with van der Waals surface area (Å²) in [6, 6.07) is 0. The molecule has 0 radical (unpaired) electrons. The van der Waals surface area contributed by atoms with Crippen LogP contribution in [-0.4, -0.2) is 105 Å². The van der Waals surface area contributed by atoms with Crippen molar-refractivity contribution in [2.45, 2.75) is 25.8 Å². The van der Waals surface area contributed by atoms with Crippen LogP contribution in [0, 0.1) is 0 Å². The van der Waals surface area contributed by atoms with Crippen molar-refractivity contribution in [2.24, 2.45) is 0 Å². The van der Waals surface area contributed by atoms with Crippen molar-refractivity contribution < 1.29 is 13.8 Å². The van der Waals surface area contributed by atoms with Crippen molar-refractivity contribution in [3.05, 3.63) is 0 Å². The Kier molecular flexibility index (Phi) is 5.45. The zero-order valence-corrected chi connectivity index (χ0v) is 15.4. The third-order valence-corrected chi connectivity index (χ3v) is 4.72. The maximum atomic E-state index is 12.3. The summed E-state index contributed by atoms with van der Waals surface area (Å²) in [5, 5.41) is 0. The molecular formula is C16H36N4O+2. The summed E-state index contributed by atoms with van der Waals surface area (Å²) in [6.07, 6.45) is 1.07. The van der Waals surface area contributed by atoms with Crippen LogP contribution >= 0.6 is 0 Å². The number of amides is 1. The fourth-order valence-electron chi connectivity index (χ4n) is 2.59. The molecule has 5 heteroatoms. The van der Waals surface area contributed by atoms with Gasteiger partial charge >= 0.3 is 0 Å². The molecule has 0 aromatic heterocycles. The number of carbonyl (C=O) groups is 1. The molecule has 0 aromatic rings. The summed E-state index contributed by atoms with van der Waals surface area (Å²) in [5.74, 6) is 0.265. The fraction of sp³-hybridized carbons (Fsp3) is 0.938. The Morgan fingerprint density at radius 1 is 1.05 bits per heavy atom. The molecule has 0 atom stereocenters. The molecule has 0 bridgehead atoms. The number of rotatable bonds is 7. The van der Waals surface area contributed by atoms with E-state index >= 15 is 0 Å². The molecule has 1 heterocycles. The molecule has 0 unspecified atom stereocenters. The highest BCUT2D eigenvalue weighted by molar-refractivity contribution is 5.87. The Bertz CT molecular complexity index is 371. The maximum absolute atomic E-state index is 12.3. The molecule has 1 amide bonds. The van der Waals surface area contributed by atoms with Crippen LogP contribution in [0.3, 0.4) is 0 Å². The van der Waals surface area contributed by atoms with E-state index in [4.69, 9.17) is 0 Å². The minimum Gasteiger partial charge on any atom is -0.328 e. The summed E-state index contributed by atoms with van der Waals surface area (Å²) in [7, 11) is 13.3. The lowest BCUT2D eigenvalue weighted by atomic mass is 10.1. The first-order valence-electron chi connectivity index (χ1n) is 7.98. The molecule has 5 nitrogen and oxygen atoms in total. The number of likely N-dealkylation sites (N-methyl/N-ethyl adjacent to an activating group) is 3. The number of quaternary nitrogens is 2. The molecule has 124 valence electrons. The molecule has 0 N–H and O–H groups in total. The average molecular weight is 300 g/mol. The van der Waals surface area contributed by atoms with Gasteiger partial charge in [-0.2, -0.15) is 0 Å². The van der Waals surface area contributed by atoms with Crippen molar-refractivity contribution >= 4 is 5.91 Å². The molecule has 1 fully saturated rings. The van der Waals surface area contributed by atoms with Gasteiger partial charge in [-0.3, -0.25) is 9.69 Å². The van der Waals surface area contributed by atoms with Gasteiger partial charge in [-0.1, -0.05) is 0 Å². The third kappa shape index (κ3) is 5.24. The smallest absolute Gasteiger partial charge is 0.243 e. The van der Waals surface area contributed by atoms with Gasteiger partial charge in [-0.25, -0.2) is 0 Å². The second kappa shape index (κ2) is 6.23. The summed E-state index contributed by atoms with van der Waals surface area (Å²) in [4.78, 5) is 16.5. The topological polar surface area (TPSA) is 23.6 Å². The van der Waals surface area contributed by atoms with E-state index in [1.807, 2.05) is 25.8 Å². The molecule has 21 heavy (non-hydrogen) atoms. The predicted molar refractivity (Wildman–Crippen MR) is 87.8 cm³/mol. The molecule has 0 saturated carbocycles. The highest BCUT2D eigenvalue weighted by Gasteiger charge is 2.42. The van der Waals surface area contributed by atoms with E-state index in [0.717, 1.165) is 35.1 Å². The summed E-state index contributed by atoms with van der Waals surface area (Å²) < 4.78 is 2.03. The first kappa shape index (κ1) is 18.4. The molecule has 0 spiro atoms. The van der Waals surface area contributed by atoms with Crippen LogP contribution in [0.4, 0.5) is 0 Å². The van der Waals surface area contributed by atoms with Crippen molar-refractivity contribution in [2.75, 3.05) is 75.1 Å². The quantitative estimate of drug-likeness (QED) is 0.645. The first-order chi connectivity index (χ1) is 9.35.